The molecule has 3 N–H and O–H groups in total. The Hall–Kier alpha value is -1.79. The molecular formula is C8H11NO6. The highest BCUT2D eigenvalue weighted by Crippen LogP contribution is 2.22. The fourth-order valence-electron chi connectivity index (χ4n) is 1.61. The van der Waals surface area contributed by atoms with Gasteiger partial charge < -0.3 is 20.2 Å². The molecule has 2 atom stereocenters. The summed E-state index contributed by atoms with van der Waals surface area (Å²) in [7, 11) is 0. The molecule has 0 unspecified atom stereocenters. The van der Waals surface area contributed by atoms with Crippen LogP contribution in [0.15, 0.2) is 0 Å². The lowest BCUT2D eigenvalue weighted by molar-refractivity contribution is -0.149. The molecule has 0 aliphatic carbocycles. The first kappa shape index (κ1) is 11.3. The SMILES string of the molecule is O=C(O)[C@@H]1C[C@@H](C(=O)O)CN(C(=O)O)C1. The Morgan fingerprint density at radius 1 is 0.933 bits per heavy atom. The molecule has 1 rings (SSSR count). The highest BCUT2D eigenvalue weighted by atomic mass is 16.4. The van der Waals surface area contributed by atoms with Gasteiger partial charge in [-0.3, -0.25) is 9.59 Å². The van der Waals surface area contributed by atoms with Gasteiger partial charge in [0.2, 0.25) is 0 Å². The van der Waals surface area contributed by atoms with Crippen LogP contribution in [0.4, 0.5) is 4.79 Å². The van der Waals surface area contributed by atoms with Crippen molar-refractivity contribution in [2.24, 2.45) is 11.8 Å². The van der Waals surface area contributed by atoms with Crippen molar-refractivity contribution in [3.05, 3.63) is 0 Å². The van der Waals surface area contributed by atoms with Crippen LogP contribution >= 0.6 is 0 Å². The molecule has 1 aliphatic rings. The molecule has 1 saturated heterocycles. The molecule has 84 valence electrons. The van der Waals surface area contributed by atoms with Crippen LogP contribution in [0.25, 0.3) is 0 Å². The molecule has 7 nitrogen and oxygen atoms in total. The number of likely N-dealkylation sites (tertiary alicyclic amines) is 1. The number of piperidine rings is 1. The number of carbonyl (C=O) groups is 3. The fraction of sp³-hybridized carbons (Fsp3) is 0.625. The van der Waals surface area contributed by atoms with Gasteiger partial charge in [0.25, 0.3) is 0 Å². The van der Waals surface area contributed by atoms with Crippen molar-refractivity contribution in [3.8, 4) is 0 Å². The third kappa shape index (κ3) is 2.58. The number of aliphatic carboxylic acids is 2. The lowest BCUT2D eigenvalue weighted by Crippen LogP contribution is -2.47. The first-order valence-electron chi connectivity index (χ1n) is 4.35. The van der Waals surface area contributed by atoms with E-state index in [1.54, 1.807) is 0 Å². The van der Waals surface area contributed by atoms with Crippen LogP contribution in [0, 0.1) is 11.8 Å². The van der Waals surface area contributed by atoms with Gasteiger partial charge in [0.05, 0.1) is 11.8 Å². The molecule has 1 heterocycles. The monoisotopic (exact) mass is 217 g/mol. The van der Waals surface area contributed by atoms with E-state index in [1.165, 1.54) is 0 Å². The van der Waals surface area contributed by atoms with E-state index in [4.69, 9.17) is 15.3 Å². The third-order valence-corrected chi connectivity index (χ3v) is 2.42. The maximum atomic E-state index is 10.7. The van der Waals surface area contributed by atoms with Gasteiger partial charge in [-0.2, -0.15) is 0 Å². The molecule has 0 aromatic rings. The standard InChI is InChI=1S/C8H11NO6/c10-6(11)4-1-5(7(12)13)3-9(2-4)8(14)15/h4-5H,1-3H2,(H,10,11)(H,12,13)(H,14,15)/t4-,5-/m1/s1. The largest absolute Gasteiger partial charge is 0.481 e. The Morgan fingerprint density at radius 3 is 1.60 bits per heavy atom. The summed E-state index contributed by atoms with van der Waals surface area (Å²) in [5.41, 5.74) is 0. The number of amides is 1. The number of carboxylic acid groups (broad SMARTS) is 3. The Kier molecular flexibility index (Phi) is 3.13. The first-order chi connectivity index (χ1) is 6.91. The Labute approximate surface area is 84.9 Å². The van der Waals surface area contributed by atoms with Crippen molar-refractivity contribution in [1.29, 1.82) is 0 Å². The molecule has 1 aliphatic heterocycles. The Bertz CT molecular complexity index is 248. The second-order valence-electron chi connectivity index (χ2n) is 3.49. The van der Waals surface area contributed by atoms with Crippen LogP contribution in [0.1, 0.15) is 6.42 Å². The number of rotatable bonds is 2. The van der Waals surface area contributed by atoms with E-state index in [1.807, 2.05) is 0 Å². The molecule has 0 bridgehead atoms. The summed E-state index contributed by atoms with van der Waals surface area (Å²) in [6.45, 7) is -0.289. The predicted molar refractivity (Wildman–Crippen MR) is 46.5 cm³/mol. The van der Waals surface area contributed by atoms with E-state index >= 15 is 0 Å². The number of hydrogen-bond acceptors (Lipinski definition) is 3. The molecule has 0 spiro atoms. The van der Waals surface area contributed by atoms with Crippen LogP contribution in [0.3, 0.4) is 0 Å². The van der Waals surface area contributed by atoms with E-state index in [-0.39, 0.29) is 19.5 Å². The van der Waals surface area contributed by atoms with Crippen LogP contribution in [0.5, 0.6) is 0 Å². The van der Waals surface area contributed by atoms with E-state index in [2.05, 4.69) is 0 Å². The maximum Gasteiger partial charge on any atom is 0.407 e. The van der Waals surface area contributed by atoms with Crippen molar-refractivity contribution >= 4 is 18.0 Å². The molecule has 0 aromatic heterocycles. The molecule has 0 radical (unpaired) electrons. The third-order valence-electron chi connectivity index (χ3n) is 2.42. The average molecular weight is 217 g/mol. The zero-order valence-electron chi connectivity index (χ0n) is 7.79. The molecule has 7 heteroatoms. The summed E-state index contributed by atoms with van der Waals surface area (Å²) >= 11 is 0. The van der Waals surface area contributed by atoms with Gasteiger partial charge in [-0.1, -0.05) is 0 Å². The summed E-state index contributed by atoms with van der Waals surface area (Å²) in [5, 5.41) is 26.1. The van der Waals surface area contributed by atoms with Gasteiger partial charge in [0.15, 0.2) is 0 Å². The summed E-state index contributed by atoms with van der Waals surface area (Å²) in [5.74, 6) is -4.19. The van der Waals surface area contributed by atoms with Gasteiger partial charge in [-0.25, -0.2) is 4.79 Å². The number of carboxylic acids is 2. The van der Waals surface area contributed by atoms with E-state index in [0.717, 1.165) is 4.90 Å². The highest BCUT2D eigenvalue weighted by molar-refractivity contribution is 5.76. The molecule has 1 fully saturated rings. The van der Waals surface area contributed by atoms with Gasteiger partial charge >= 0.3 is 18.0 Å². The summed E-state index contributed by atoms with van der Waals surface area (Å²) in [6.07, 6.45) is -1.30. The van der Waals surface area contributed by atoms with Crippen LogP contribution in [-0.2, 0) is 9.59 Å². The molecule has 15 heavy (non-hydrogen) atoms. The summed E-state index contributed by atoms with van der Waals surface area (Å²) in [4.78, 5) is 32.8. The average Bonchev–Trinajstić information content (AvgIpc) is 2.16. The maximum absolute atomic E-state index is 10.7. The topological polar surface area (TPSA) is 115 Å². The van der Waals surface area contributed by atoms with Crippen LogP contribution < -0.4 is 0 Å². The Balaban J connectivity index is 2.77. The predicted octanol–water partition coefficient (Wildman–Crippen LogP) is -0.228. The van der Waals surface area contributed by atoms with Gasteiger partial charge in [-0.15, -0.1) is 0 Å². The van der Waals surface area contributed by atoms with Crippen molar-refractivity contribution in [3.63, 3.8) is 0 Å². The van der Waals surface area contributed by atoms with E-state index < -0.39 is 29.9 Å². The van der Waals surface area contributed by atoms with Crippen molar-refractivity contribution in [2.75, 3.05) is 13.1 Å². The van der Waals surface area contributed by atoms with Gasteiger partial charge in [0, 0.05) is 13.1 Å². The van der Waals surface area contributed by atoms with Crippen LogP contribution in [0.2, 0.25) is 0 Å². The second kappa shape index (κ2) is 4.16. The number of nitrogens with zero attached hydrogens (tertiary/aromatic N) is 1. The zero-order valence-corrected chi connectivity index (χ0v) is 7.79. The smallest absolute Gasteiger partial charge is 0.407 e. The normalized spacial score (nSPS) is 26.0. The van der Waals surface area contributed by atoms with Crippen molar-refractivity contribution < 1.29 is 29.7 Å². The van der Waals surface area contributed by atoms with Crippen LogP contribution in [-0.4, -0.2) is 51.3 Å². The van der Waals surface area contributed by atoms with E-state index in [9.17, 15) is 14.4 Å². The fourth-order valence-corrected chi connectivity index (χ4v) is 1.61. The molecule has 0 saturated carbocycles. The summed E-state index contributed by atoms with van der Waals surface area (Å²) < 4.78 is 0. The minimum Gasteiger partial charge on any atom is -0.481 e. The minimum absolute atomic E-state index is 0.0194. The van der Waals surface area contributed by atoms with Gasteiger partial charge in [0.1, 0.15) is 0 Å². The lowest BCUT2D eigenvalue weighted by atomic mass is 9.89. The second-order valence-corrected chi connectivity index (χ2v) is 3.49. The first-order valence-corrected chi connectivity index (χ1v) is 4.35. The minimum atomic E-state index is -1.28. The molecule has 1 amide bonds. The van der Waals surface area contributed by atoms with Crippen molar-refractivity contribution in [2.45, 2.75) is 6.42 Å². The quantitative estimate of drug-likeness (QED) is 0.588. The zero-order chi connectivity index (χ0) is 11.6. The molecular weight excluding hydrogens is 206 g/mol. The van der Waals surface area contributed by atoms with E-state index in [0.29, 0.717) is 0 Å². The Morgan fingerprint density at radius 2 is 1.33 bits per heavy atom. The molecule has 0 aromatic carbocycles. The van der Waals surface area contributed by atoms with Crippen molar-refractivity contribution in [1.82, 2.24) is 4.90 Å². The number of hydrogen-bond donors (Lipinski definition) is 3. The lowest BCUT2D eigenvalue weighted by Gasteiger charge is -2.32. The summed E-state index contributed by atoms with van der Waals surface area (Å²) in [6, 6.07) is 0. The highest BCUT2D eigenvalue weighted by Gasteiger charge is 2.36. The van der Waals surface area contributed by atoms with Gasteiger partial charge in [-0.05, 0) is 6.42 Å².